The van der Waals surface area contributed by atoms with E-state index in [9.17, 15) is 0 Å². The summed E-state index contributed by atoms with van der Waals surface area (Å²) in [6.07, 6.45) is 6.57. The number of H-pyrrole nitrogens is 1. The lowest BCUT2D eigenvalue weighted by Crippen LogP contribution is -2.02. The van der Waals surface area contributed by atoms with Gasteiger partial charge in [0.05, 0.1) is 11.4 Å². The Morgan fingerprint density at radius 1 is 0.906 bits per heavy atom. The topological polar surface area (TPSA) is 59.4 Å². The van der Waals surface area contributed by atoms with Crippen molar-refractivity contribution >= 4 is 0 Å². The molecule has 5 heteroatoms. The molecule has 164 valence electrons. The highest BCUT2D eigenvalue weighted by Crippen LogP contribution is 2.37. The number of aromatic nitrogens is 5. The molecular weight excluding hydrogens is 394 g/mol. The van der Waals surface area contributed by atoms with Gasteiger partial charge in [-0.3, -0.25) is 5.10 Å². The first kappa shape index (κ1) is 20.7. The Morgan fingerprint density at radius 2 is 1.66 bits per heavy atom. The smallest absolute Gasteiger partial charge is 0.153 e. The van der Waals surface area contributed by atoms with Crippen molar-refractivity contribution in [3.63, 3.8) is 0 Å². The zero-order chi connectivity index (χ0) is 22.1. The quantitative estimate of drug-likeness (QED) is 0.351. The summed E-state index contributed by atoms with van der Waals surface area (Å²) in [6, 6.07) is 17.2. The Kier molecular flexibility index (Phi) is 5.64. The van der Waals surface area contributed by atoms with E-state index in [1.807, 2.05) is 6.07 Å². The van der Waals surface area contributed by atoms with Gasteiger partial charge in [0.1, 0.15) is 5.82 Å². The molecule has 0 saturated heterocycles. The van der Waals surface area contributed by atoms with E-state index in [-0.39, 0.29) is 0 Å². The Labute approximate surface area is 189 Å². The number of rotatable bonds is 8. The largest absolute Gasteiger partial charge is 0.263 e. The molecule has 32 heavy (non-hydrogen) atoms. The predicted molar refractivity (Wildman–Crippen MR) is 128 cm³/mol. The summed E-state index contributed by atoms with van der Waals surface area (Å²) in [4.78, 5) is 4.67. The summed E-state index contributed by atoms with van der Waals surface area (Å²) in [7, 11) is 0. The van der Waals surface area contributed by atoms with Gasteiger partial charge in [0.15, 0.2) is 5.82 Å². The average molecular weight is 426 g/mol. The fourth-order valence-electron chi connectivity index (χ4n) is 4.30. The third-order valence-corrected chi connectivity index (χ3v) is 6.49. The first-order valence-corrected chi connectivity index (χ1v) is 11.7. The Morgan fingerprint density at radius 3 is 2.44 bits per heavy atom. The zero-order valence-electron chi connectivity index (χ0n) is 19.2. The van der Waals surface area contributed by atoms with Crippen molar-refractivity contribution < 1.29 is 0 Å². The number of nitrogens with zero attached hydrogens (tertiary/aromatic N) is 4. The van der Waals surface area contributed by atoms with Gasteiger partial charge in [0.25, 0.3) is 0 Å². The van der Waals surface area contributed by atoms with E-state index in [1.165, 1.54) is 40.8 Å². The molecule has 0 spiro atoms. The maximum atomic E-state index is 5.04. The Hall–Kier alpha value is -3.21. The highest BCUT2D eigenvalue weighted by Gasteiger charge is 2.27. The van der Waals surface area contributed by atoms with Gasteiger partial charge in [0.2, 0.25) is 0 Å². The lowest BCUT2D eigenvalue weighted by molar-refractivity contribution is 0.680. The van der Waals surface area contributed by atoms with E-state index in [0.29, 0.717) is 5.92 Å². The number of benzene rings is 2. The van der Waals surface area contributed by atoms with Crippen molar-refractivity contribution in [2.75, 3.05) is 0 Å². The summed E-state index contributed by atoms with van der Waals surface area (Å²) in [5.41, 5.74) is 8.53. The van der Waals surface area contributed by atoms with Crippen LogP contribution in [0.2, 0.25) is 0 Å². The summed E-state index contributed by atoms with van der Waals surface area (Å²) in [5.74, 6) is 2.64. The molecule has 2 heterocycles. The maximum absolute atomic E-state index is 5.04. The molecule has 0 atom stereocenters. The minimum absolute atomic E-state index is 0.604. The van der Waals surface area contributed by atoms with Crippen molar-refractivity contribution in [2.45, 2.75) is 65.2 Å². The van der Waals surface area contributed by atoms with Crippen LogP contribution < -0.4 is 0 Å². The number of unbranched alkanes of at least 4 members (excludes halogenated alkanes) is 1. The van der Waals surface area contributed by atoms with Crippen LogP contribution in [0.5, 0.6) is 0 Å². The first-order valence-electron chi connectivity index (χ1n) is 11.7. The standard InChI is InChI=1S/C27H31N5/c1-18-15-20(3)24(16-19(18)2)25-17-23(32(31-25)22-9-5-4-6-10-22)11-7-8-12-26-28-27(30-29-26)21-13-14-21/h4-6,9-10,15-17,21H,7-8,11-14H2,1-3H3,(H,28,29,30). The number of para-hydroxylation sites is 1. The molecule has 5 rings (SSSR count). The third kappa shape index (κ3) is 4.38. The van der Waals surface area contributed by atoms with Crippen molar-refractivity contribution in [1.82, 2.24) is 25.0 Å². The van der Waals surface area contributed by atoms with Gasteiger partial charge in [-0.05, 0) is 93.8 Å². The molecular formula is C27H31N5. The molecule has 0 radical (unpaired) electrons. The molecule has 1 saturated carbocycles. The lowest BCUT2D eigenvalue weighted by Gasteiger charge is -2.08. The molecule has 0 aliphatic heterocycles. The van der Waals surface area contributed by atoms with Crippen LogP contribution in [0.3, 0.4) is 0 Å². The fraction of sp³-hybridized carbons (Fsp3) is 0.370. The van der Waals surface area contributed by atoms with Gasteiger partial charge in [-0.1, -0.05) is 24.3 Å². The van der Waals surface area contributed by atoms with Crippen LogP contribution in [0.25, 0.3) is 16.9 Å². The monoisotopic (exact) mass is 425 g/mol. The second kappa shape index (κ2) is 8.73. The van der Waals surface area contributed by atoms with Crippen molar-refractivity contribution in [1.29, 1.82) is 0 Å². The van der Waals surface area contributed by atoms with Crippen LogP contribution in [0.1, 0.15) is 65.6 Å². The van der Waals surface area contributed by atoms with Gasteiger partial charge in [-0.25, -0.2) is 9.67 Å². The van der Waals surface area contributed by atoms with Gasteiger partial charge < -0.3 is 0 Å². The molecule has 2 aromatic heterocycles. The van der Waals surface area contributed by atoms with Gasteiger partial charge in [-0.15, -0.1) is 0 Å². The molecule has 1 aliphatic rings. The summed E-state index contributed by atoms with van der Waals surface area (Å²) in [6.45, 7) is 6.52. The normalized spacial score (nSPS) is 13.6. The number of nitrogens with one attached hydrogen (secondary N) is 1. The minimum atomic E-state index is 0.604. The SMILES string of the molecule is Cc1cc(C)c(-c2cc(CCCCc3nc(C4CC4)n[nH]3)n(-c3ccccc3)n2)cc1C. The molecule has 1 fully saturated rings. The molecule has 4 aromatic rings. The number of hydrogen-bond acceptors (Lipinski definition) is 3. The van der Waals surface area contributed by atoms with Crippen molar-refractivity contribution in [3.8, 4) is 16.9 Å². The van der Waals surface area contributed by atoms with Crippen molar-refractivity contribution in [2.24, 2.45) is 0 Å². The molecule has 0 unspecified atom stereocenters. The average Bonchev–Trinajstić information content (AvgIpc) is 3.39. The van der Waals surface area contributed by atoms with E-state index in [4.69, 9.17) is 5.10 Å². The van der Waals surface area contributed by atoms with Crippen LogP contribution in [0.15, 0.2) is 48.5 Å². The van der Waals surface area contributed by atoms with Crippen LogP contribution in [-0.2, 0) is 12.8 Å². The molecule has 1 aliphatic carbocycles. The van der Waals surface area contributed by atoms with E-state index in [2.05, 4.69) is 83.1 Å². The van der Waals surface area contributed by atoms with E-state index < -0.39 is 0 Å². The molecule has 0 amide bonds. The highest BCUT2D eigenvalue weighted by atomic mass is 15.3. The second-order valence-corrected chi connectivity index (χ2v) is 9.14. The van der Waals surface area contributed by atoms with E-state index in [1.54, 1.807) is 0 Å². The highest BCUT2D eigenvalue weighted by molar-refractivity contribution is 5.66. The number of aryl methyl sites for hydroxylation is 5. The Balaban J connectivity index is 1.34. The molecule has 1 N–H and O–H groups in total. The Bertz CT molecular complexity index is 1210. The van der Waals surface area contributed by atoms with Crippen LogP contribution >= 0.6 is 0 Å². The molecule has 5 nitrogen and oxygen atoms in total. The summed E-state index contributed by atoms with van der Waals surface area (Å²) >= 11 is 0. The molecule has 2 aromatic carbocycles. The number of aromatic amines is 1. The minimum Gasteiger partial charge on any atom is -0.263 e. The second-order valence-electron chi connectivity index (χ2n) is 9.14. The maximum Gasteiger partial charge on any atom is 0.153 e. The summed E-state index contributed by atoms with van der Waals surface area (Å²) in [5, 5.41) is 12.5. The zero-order valence-corrected chi connectivity index (χ0v) is 19.2. The number of hydrogen-bond donors (Lipinski definition) is 1. The van der Waals surface area contributed by atoms with Gasteiger partial charge in [0, 0.05) is 23.6 Å². The van der Waals surface area contributed by atoms with Crippen molar-refractivity contribution in [3.05, 3.63) is 82.6 Å². The molecule has 0 bridgehead atoms. The van der Waals surface area contributed by atoms with Crippen LogP contribution in [0, 0.1) is 20.8 Å². The third-order valence-electron chi connectivity index (χ3n) is 6.49. The predicted octanol–water partition coefficient (Wildman–Crippen LogP) is 6.03. The fourth-order valence-corrected chi connectivity index (χ4v) is 4.30. The lowest BCUT2D eigenvalue weighted by atomic mass is 9.98. The summed E-state index contributed by atoms with van der Waals surface area (Å²) < 4.78 is 2.11. The van der Waals surface area contributed by atoms with Crippen LogP contribution in [-0.4, -0.2) is 25.0 Å². The van der Waals surface area contributed by atoms with E-state index in [0.717, 1.165) is 48.7 Å². The first-order chi connectivity index (χ1) is 15.6. The van der Waals surface area contributed by atoms with E-state index >= 15 is 0 Å². The van der Waals surface area contributed by atoms with Gasteiger partial charge in [-0.2, -0.15) is 10.2 Å². The van der Waals surface area contributed by atoms with Crippen LogP contribution in [0.4, 0.5) is 0 Å². The van der Waals surface area contributed by atoms with Gasteiger partial charge >= 0.3 is 0 Å².